The molecule has 0 spiro atoms. The molecular weight excluding hydrogens is 337 g/mol. The molecule has 23 heavy (non-hydrogen) atoms. The predicted octanol–water partition coefficient (Wildman–Crippen LogP) is 3.23. The zero-order valence-electron chi connectivity index (χ0n) is 12.5. The van der Waals surface area contributed by atoms with Crippen molar-refractivity contribution in [2.75, 3.05) is 31.2 Å². The van der Waals surface area contributed by atoms with Gasteiger partial charge in [0.05, 0.1) is 11.6 Å². The molecule has 2 rings (SSSR count). The fraction of sp³-hybridized carbons (Fsp3) is 0.294. The first-order valence-corrected chi connectivity index (χ1v) is 8.02. The van der Waals surface area contributed by atoms with Crippen LogP contribution in [0.4, 0.5) is 5.69 Å². The fourth-order valence-electron chi connectivity index (χ4n) is 2.17. The van der Waals surface area contributed by atoms with Gasteiger partial charge in [-0.2, -0.15) is 0 Å². The van der Waals surface area contributed by atoms with Crippen LogP contribution in [0, 0.1) is 0 Å². The number of halogens is 2. The first kappa shape index (κ1) is 17.9. The molecule has 4 nitrogen and oxygen atoms in total. The summed E-state index contributed by atoms with van der Waals surface area (Å²) in [5.41, 5.74) is 0.935. The van der Waals surface area contributed by atoms with Gasteiger partial charge in [-0.3, -0.25) is 0 Å². The molecule has 2 aromatic carbocycles. The van der Waals surface area contributed by atoms with E-state index in [0.29, 0.717) is 28.9 Å². The first-order valence-electron chi connectivity index (χ1n) is 7.27. The lowest BCUT2D eigenvalue weighted by Gasteiger charge is -2.26. The van der Waals surface area contributed by atoms with Crippen molar-refractivity contribution in [3.63, 3.8) is 0 Å². The average Bonchev–Trinajstić information content (AvgIpc) is 2.54. The number of rotatable bonds is 8. The van der Waals surface area contributed by atoms with Crippen LogP contribution < -0.4 is 9.64 Å². The number of benzene rings is 2. The molecule has 0 fully saturated rings. The molecule has 1 atom stereocenters. The van der Waals surface area contributed by atoms with Crippen molar-refractivity contribution in [1.82, 2.24) is 0 Å². The number of hydrogen-bond donors (Lipinski definition) is 2. The van der Waals surface area contributed by atoms with Crippen LogP contribution >= 0.6 is 23.2 Å². The zero-order chi connectivity index (χ0) is 16.7. The highest BCUT2D eigenvalue weighted by molar-refractivity contribution is 6.35. The normalized spacial score (nSPS) is 12.0. The molecule has 0 amide bonds. The molecule has 0 saturated carbocycles. The third kappa shape index (κ3) is 5.59. The second-order valence-electron chi connectivity index (χ2n) is 5.04. The van der Waals surface area contributed by atoms with E-state index in [4.69, 9.17) is 27.9 Å². The summed E-state index contributed by atoms with van der Waals surface area (Å²) in [5.74, 6) is 0.475. The van der Waals surface area contributed by atoms with Crippen LogP contribution in [0.3, 0.4) is 0 Å². The van der Waals surface area contributed by atoms with Crippen molar-refractivity contribution < 1.29 is 14.9 Å². The number of anilines is 1. The van der Waals surface area contributed by atoms with Crippen molar-refractivity contribution in [1.29, 1.82) is 0 Å². The molecule has 0 bridgehead atoms. The monoisotopic (exact) mass is 355 g/mol. The Labute approximate surface area is 145 Å². The van der Waals surface area contributed by atoms with Gasteiger partial charge in [0.15, 0.2) is 0 Å². The Balaban J connectivity index is 1.92. The number of para-hydroxylation sites is 1. The van der Waals surface area contributed by atoms with Crippen molar-refractivity contribution in [3.8, 4) is 5.75 Å². The smallest absolute Gasteiger partial charge is 0.138 e. The lowest BCUT2D eigenvalue weighted by atomic mass is 10.2. The number of nitrogens with zero attached hydrogens (tertiary/aromatic N) is 1. The molecule has 0 aliphatic heterocycles. The topological polar surface area (TPSA) is 52.9 Å². The lowest BCUT2D eigenvalue weighted by molar-refractivity contribution is 0.111. The Morgan fingerprint density at radius 2 is 1.83 bits per heavy atom. The van der Waals surface area contributed by atoms with E-state index in [-0.39, 0.29) is 13.2 Å². The summed E-state index contributed by atoms with van der Waals surface area (Å²) in [4.78, 5) is 1.90. The van der Waals surface area contributed by atoms with Gasteiger partial charge in [-0.1, -0.05) is 41.4 Å². The Kier molecular flexibility index (Phi) is 6.99. The van der Waals surface area contributed by atoms with E-state index in [1.54, 1.807) is 18.2 Å². The summed E-state index contributed by atoms with van der Waals surface area (Å²) in [5, 5.41) is 20.3. The van der Waals surface area contributed by atoms with E-state index in [2.05, 4.69) is 0 Å². The minimum atomic E-state index is -0.728. The quantitative estimate of drug-likeness (QED) is 0.763. The Bertz CT molecular complexity index is 610. The van der Waals surface area contributed by atoms with Gasteiger partial charge >= 0.3 is 0 Å². The van der Waals surface area contributed by atoms with Gasteiger partial charge in [0, 0.05) is 23.8 Å². The third-order valence-corrected chi connectivity index (χ3v) is 3.78. The number of aliphatic hydroxyl groups excluding tert-OH is 2. The SMILES string of the molecule is OCCN(CC(O)COc1ccc(Cl)cc1Cl)c1ccccc1. The predicted molar refractivity (Wildman–Crippen MR) is 93.7 cm³/mol. The van der Waals surface area contributed by atoms with Crippen molar-refractivity contribution in [2.45, 2.75) is 6.10 Å². The highest BCUT2D eigenvalue weighted by atomic mass is 35.5. The van der Waals surface area contributed by atoms with E-state index in [1.165, 1.54) is 0 Å². The van der Waals surface area contributed by atoms with Gasteiger partial charge in [-0.05, 0) is 30.3 Å². The van der Waals surface area contributed by atoms with E-state index in [9.17, 15) is 10.2 Å². The summed E-state index contributed by atoms with van der Waals surface area (Å²) in [7, 11) is 0. The van der Waals surface area contributed by atoms with Gasteiger partial charge < -0.3 is 19.8 Å². The molecule has 0 aliphatic rings. The molecule has 2 N–H and O–H groups in total. The summed E-state index contributed by atoms with van der Waals surface area (Å²) < 4.78 is 5.54. The van der Waals surface area contributed by atoms with E-state index in [1.807, 2.05) is 35.2 Å². The van der Waals surface area contributed by atoms with Crippen molar-refractivity contribution >= 4 is 28.9 Å². The fourth-order valence-corrected chi connectivity index (χ4v) is 2.63. The van der Waals surface area contributed by atoms with E-state index in [0.717, 1.165) is 5.69 Å². The zero-order valence-corrected chi connectivity index (χ0v) is 14.0. The second-order valence-corrected chi connectivity index (χ2v) is 5.89. The second kappa shape index (κ2) is 8.99. The minimum Gasteiger partial charge on any atom is -0.489 e. The molecule has 2 aromatic rings. The van der Waals surface area contributed by atoms with Gasteiger partial charge in [0.1, 0.15) is 18.5 Å². The Morgan fingerprint density at radius 3 is 2.48 bits per heavy atom. The molecule has 6 heteroatoms. The molecule has 0 heterocycles. The van der Waals surface area contributed by atoms with Crippen LogP contribution in [0.15, 0.2) is 48.5 Å². The minimum absolute atomic E-state index is 0.00544. The van der Waals surface area contributed by atoms with Crippen LogP contribution in [-0.2, 0) is 0 Å². The summed E-state index contributed by atoms with van der Waals surface area (Å²) in [6.45, 7) is 0.875. The molecule has 1 unspecified atom stereocenters. The van der Waals surface area contributed by atoms with E-state index < -0.39 is 6.10 Å². The molecule has 0 aromatic heterocycles. The highest BCUT2D eigenvalue weighted by Crippen LogP contribution is 2.27. The molecular formula is C17H19Cl2NO3. The van der Waals surface area contributed by atoms with E-state index >= 15 is 0 Å². The van der Waals surface area contributed by atoms with Gasteiger partial charge in [0.2, 0.25) is 0 Å². The maximum Gasteiger partial charge on any atom is 0.138 e. The Morgan fingerprint density at radius 1 is 1.09 bits per heavy atom. The molecule has 0 aliphatic carbocycles. The maximum absolute atomic E-state index is 10.2. The molecule has 124 valence electrons. The van der Waals surface area contributed by atoms with Crippen LogP contribution in [0.5, 0.6) is 5.75 Å². The largest absolute Gasteiger partial charge is 0.489 e. The van der Waals surface area contributed by atoms with Crippen molar-refractivity contribution in [2.24, 2.45) is 0 Å². The highest BCUT2D eigenvalue weighted by Gasteiger charge is 2.13. The Hall–Kier alpha value is -1.46. The van der Waals surface area contributed by atoms with Gasteiger partial charge in [-0.15, -0.1) is 0 Å². The molecule has 0 radical (unpaired) electrons. The third-order valence-electron chi connectivity index (χ3n) is 3.25. The lowest BCUT2D eigenvalue weighted by Crippen LogP contribution is -2.37. The van der Waals surface area contributed by atoms with Gasteiger partial charge in [-0.25, -0.2) is 0 Å². The van der Waals surface area contributed by atoms with Crippen molar-refractivity contribution in [3.05, 3.63) is 58.6 Å². The van der Waals surface area contributed by atoms with Crippen LogP contribution in [0.25, 0.3) is 0 Å². The maximum atomic E-state index is 10.2. The van der Waals surface area contributed by atoms with Crippen LogP contribution in [-0.4, -0.2) is 42.6 Å². The molecule has 0 saturated heterocycles. The van der Waals surface area contributed by atoms with Crippen LogP contribution in [0.2, 0.25) is 10.0 Å². The number of hydrogen-bond acceptors (Lipinski definition) is 4. The standard InChI is InChI=1S/C17H19Cl2NO3/c18-13-6-7-17(16(19)10-13)23-12-15(22)11-20(8-9-21)14-4-2-1-3-5-14/h1-7,10,15,21-22H,8-9,11-12H2. The average molecular weight is 356 g/mol. The number of ether oxygens (including phenoxy) is 1. The van der Waals surface area contributed by atoms with Crippen LogP contribution in [0.1, 0.15) is 0 Å². The summed E-state index contributed by atoms with van der Waals surface area (Å²) in [6.07, 6.45) is -0.728. The first-order chi connectivity index (χ1) is 11.1. The van der Waals surface area contributed by atoms with Gasteiger partial charge in [0.25, 0.3) is 0 Å². The number of aliphatic hydroxyl groups is 2. The summed E-state index contributed by atoms with van der Waals surface area (Å²) in [6, 6.07) is 14.5. The summed E-state index contributed by atoms with van der Waals surface area (Å²) >= 11 is 11.9.